The van der Waals surface area contributed by atoms with Crippen LogP contribution in [0.2, 0.25) is 0 Å². The van der Waals surface area contributed by atoms with Gasteiger partial charge in [0.2, 0.25) is 5.91 Å². The second-order valence-electron chi connectivity index (χ2n) is 6.68. The van der Waals surface area contributed by atoms with Crippen molar-refractivity contribution < 1.29 is 4.79 Å². The van der Waals surface area contributed by atoms with Crippen LogP contribution in [0, 0.1) is 5.92 Å². The number of carbonyl (C=O) groups excluding carboxylic acids is 1. The molecule has 0 spiro atoms. The van der Waals surface area contributed by atoms with Crippen LogP contribution < -0.4 is 5.32 Å². The standard InChI is InChI=1S/C16H30N2O/c1-5-7-13-8-10-14(11-9-13)18-12(3)17-16(4,6-2)15(18)19/h12-14,17H,5-11H2,1-4H3. The van der Waals surface area contributed by atoms with E-state index in [1.165, 1.54) is 38.5 Å². The Balaban J connectivity index is 1.98. The van der Waals surface area contributed by atoms with E-state index in [1.54, 1.807) is 0 Å². The van der Waals surface area contributed by atoms with Crippen molar-refractivity contribution >= 4 is 5.91 Å². The third kappa shape index (κ3) is 2.81. The van der Waals surface area contributed by atoms with Crippen molar-refractivity contribution in [1.82, 2.24) is 10.2 Å². The van der Waals surface area contributed by atoms with Gasteiger partial charge in [-0.3, -0.25) is 10.1 Å². The minimum Gasteiger partial charge on any atom is -0.323 e. The highest BCUT2D eigenvalue weighted by Gasteiger charge is 2.47. The predicted octanol–water partition coefficient (Wildman–Crippen LogP) is 3.29. The van der Waals surface area contributed by atoms with Gasteiger partial charge in [-0.05, 0) is 51.9 Å². The number of nitrogens with zero attached hydrogens (tertiary/aromatic N) is 1. The predicted molar refractivity (Wildman–Crippen MR) is 78.8 cm³/mol. The van der Waals surface area contributed by atoms with Crippen molar-refractivity contribution in [3.05, 3.63) is 0 Å². The summed E-state index contributed by atoms with van der Waals surface area (Å²) < 4.78 is 0. The lowest BCUT2D eigenvalue weighted by atomic mass is 9.82. The Morgan fingerprint density at radius 3 is 2.37 bits per heavy atom. The molecule has 0 aromatic rings. The Morgan fingerprint density at radius 1 is 1.26 bits per heavy atom. The molecule has 2 unspecified atom stereocenters. The summed E-state index contributed by atoms with van der Waals surface area (Å²) >= 11 is 0. The monoisotopic (exact) mass is 266 g/mol. The van der Waals surface area contributed by atoms with Crippen molar-refractivity contribution in [2.24, 2.45) is 5.92 Å². The molecule has 0 radical (unpaired) electrons. The lowest BCUT2D eigenvalue weighted by Crippen LogP contribution is -2.46. The first-order valence-electron chi connectivity index (χ1n) is 8.12. The van der Waals surface area contributed by atoms with Gasteiger partial charge in [-0.25, -0.2) is 0 Å². The smallest absolute Gasteiger partial charge is 0.244 e. The van der Waals surface area contributed by atoms with E-state index in [1.807, 2.05) is 0 Å². The van der Waals surface area contributed by atoms with Crippen LogP contribution in [-0.2, 0) is 4.79 Å². The first-order valence-corrected chi connectivity index (χ1v) is 8.12. The summed E-state index contributed by atoms with van der Waals surface area (Å²) in [5.74, 6) is 1.22. The van der Waals surface area contributed by atoms with Gasteiger partial charge in [0.25, 0.3) is 0 Å². The second-order valence-corrected chi connectivity index (χ2v) is 6.68. The van der Waals surface area contributed by atoms with Gasteiger partial charge in [0.05, 0.1) is 11.7 Å². The molecule has 19 heavy (non-hydrogen) atoms. The molecule has 1 N–H and O–H groups in total. The molecule has 3 nitrogen and oxygen atoms in total. The average molecular weight is 266 g/mol. The molecule has 2 aliphatic rings. The number of hydrogen-bond donors (Lipinski definition) is 1. The van der Waals surface area contributed by atoms with Crippen molar-refractivity contribution in [3.63, 3.8) is 0 Å². The zero-order chi connectivity index (χ0) is 14.0. The molecule has 0 bridgehead atoms. The van der Waals surface area contributed by atoms with Crippen molar-refractivity contribution in [2.45, 2.75) is 90.4 Å². The van der Waals surface area contributed by atoms with Crippen LogP contribution in [-0.4, -0.2) is 28.6 Å². The Labute approximate surface area is 118 Å². The molecule has 1 saturated heterocycles. The van der Waals surface area contributed by atoms with Gasteiger partial charge < -0.3 is 4.90 Å². The molecule has 110 valence electrons. The van der Waals surface area contributed by atoms with Crippen molar-refractivity contribution in [3.8, 4) is 0 Å². The molecular weight excluding hydrogens is 236 g/mol. The fourth-order valence-electron chi connectivity index (χ4n) is 3.91. The maximum absolute atomic E-state index is 12.6. The first-order chi connectivity index (χ1) is 9.01. The molecule has 1 saturated carbocycles. The lowest BCUT2D eigenvalue weighted by Gasteiger charge is -2.37. The Bertz CT molecular complexity index is 323. The van der Waals surface area contributed by atoms with Crippen LogP contribution in [0.5, 0.6) is 0 Å². The van der Waals surface area contributed by atoms with Gasteiger partial charge in [0.1, 0.15) is 0 Å². The topological polar surface area (TPSA) is 32.3 Å². The summed E-state index contributed by atoms with van der Waals surface area (Å²) in [6.45, 7) is 8.56. The van der Waals surface area contributed by atoms with Gasteiger partial charge >= 0.3 is 0 Å². The highest BCUT2D eigenvalue weighted by Crippen LogP contribution is 2.34. The Kier molecular flexibility index (Phi) is 4.54. The molecule has 3 heteroatoms. The van der Waals surface area contributed by atoms with E-state index < -0.39 is 0 Å². The Morgan fingerprint density at radius 2 is 1.89 bits per heavy atom. The first kappa shape index (κ1) is 14.8. The number of nitrogens with one attached hydrogen (secondary N) is 1. The summed E-state index contributed by atoms with van der Waals surface area (Å²) in [6.07, 6.45) is 8.73. The van der Waals surface area contributed by atoms with Crippen LogP contribution in [0.4, 0.5) is 0 Å². The Hall–Kier alpha value is -0.570. The van der Waals surface area contributed by atoms with E-state index in [4.69, 9.17) is 0 Å². The third-order valence-corrected chi connectivity index (χ3v) is 5.26. The fourth-order valence-corrected chi connectivity index (χ4v) is 3.91. The van der Waals surface area contributed by atoms with Crippen LogP contribution in [0.25, 0.3) is 0 Å². The van der Waals surface area contributed by atoms with E-state index in [2.05, 4.69) is 37.9 Å². The van der Waals surface area contributed by atoms with E-state index in [0.29, 0.717) is 11.9 Å². The zero-order valence-corrected chi connectivity index (χ0v) is 13.0. The van der Waals surface area contributed by atoms with Gasteiger partial charge in [0.15, 0.2) is 0 Å². The van der Waals surface area contributed by atoms with Crippen LogP contribution in [0.3, 0.4) is 0 Å². The van der Waals surface area contributed by atoms with Gasteiger partial charge in [-0.15, -0.1) is 0 Å². The highest BCUT2D eigenvalue weighted by molar-refractivity contribution is 5.88. The third-order valence-electron chi connectivity index (χ3n) is 5.26. The summed E-state index contributed by atoms with van der Waals surface area (Å²) in [5.41, 5.74) is -0.334. The summed E-state index contributed by atoms with van der Waals surface area (Å²) in [6, 6.07) is 0.469. The zero-order valence-electron chi connectivity index (χ0n) is 13.0. The number of amides is 1. The highest BCUT2D eigenvalue weighted by atomic mass is 16.2. The molecule has 2 atom stereocenters. The van der Waals surface area contributed by atoms with Gasteiger partial charge in [-0.1, -0.05) is 26.7 Å². The van der Waals surface area contributed by atoms with Crippen molar-refractivity contribution in [1.29, 1.82) is 0 Å². The van der Waals surface area contributed by atoms with E-state index in [9.17, 15) is 4.79 Å². The summed E-state index contributed by atoms with van der Waals surface area (Å²) in [4.78, 5) is 14.8. The van der Waals surface area contributed by atoms with Crippen LogP contribution in [0.1, 0.15) is 72.6 Å². The molecule has 1 aliphatic heterocycles. The molecular formula is C16H30N2O. The quantitative estimate of drug-likeness (QED) is 0.847. The summed E-state index contributed by atoms with van der Waals surface area (Å²) in [7, 11) is 0. The largest absolute Gasteiger partial charge is 0.323 e. The second kappa shape index (κ2) is 5.82. The number of hydrogen-bond acceptors (Lipinski definition) is 2. The maximum atomic E-state index is 12.6. The fraction of sp³-hybridized carbons (Fsp3) is 0.938. The number of rotatable bonds is 4. The molecule has 1 amide bonds. The van der Waals surface area contributed by atoms with Gasteiger partial charge in [-0.2, -0.15) is 0 Å². The molecule has 2 fully saturated rings. The van der Waals surface area contributed by atoms with Crippen molar-refractivity contribution in [2.75, 3.05) is 0 Å². The molecule has 1 aliphatic carbocycles. The molecule has 1 heterocycles. The normalized spacial score (nSPS) is 39.9. The minimum atomic E-state index is -0.334. The minimum absolute atomic E-state index is 0.199. The summed E-state index contributed by atoms with van der Waals surface area (Å²) in [5, 5.41) is 3.49. The lowest BCUT2D eigenvalue weighted by molar-refractivity contribution is -0.135. The van der Waals surface area contributed by atoms with E-state index in [0.717, 1.165) is 12.3 Å². The number of carbonyl (C=O) groups is 1. The average Bonchev–Trinajstić information content (AvgIpc) is 2.63. The van der Waals surface area contributed by atoms with E-state index in [-0.39, 0.29) is 11.7 Å². The maximum Gasteiger partial charge on any atom is 0.244 e. The SMILES string of the molecule is CCCC1CCC(N2C(=O)C(C)(CC)NC2C)CC1. The van der Waals surface area contributed by atoms with Crippen LogP contribution >= 0.6 is 0 Å². The van der Waals surface area contributed by atoms with Crippen LogP contribution in [0.15, 0.2) is 0 Å². The molecule has 0 aromatic carbocycles. The molecule has 0 aromatic heterocycles. The molecule has 2 rings (SSSR count). The van der Waals surface area contributed by atoms with E-state index >= 15 is 0 Å². The van der Waals surface area contributed by atoms with Gasteiger partial charge in [0, 0.05) is 6.04 Å².